The van der Waals surface area contributed by atoms with E-state index in [1.807, 2.05) is 20.8 Å². The van der Waals surface area contributed by atoms with Gasteiger partial charge in [0.05, 0.1) is 0 Å². The summed E-state index contributed by atoms with van der Waals surface area (Å²) in [6.45, 7) is 5.70. The van der Waals surface area contributed by atoms with Gasteiger partial charge in [0.15, 0.2) is 0 Å². The molecule has 2 atom stereocenters. The molecule has 1 amide bonds. The summed E-state index contributed by atoms with van der Waals surface area (Å²) in [4.78, 5) is 11.8. The molecule has 0 aliphatic heterocycles. The third-order valence-corrected chi connectivity index (χ3v) is 5.65. The minimum atomic E-state index is -0.416. The van der Waals surface area contributed by atoms with Crippen LogP contribution in [0.1, 0.15) is 78.6 Å². The second kappa shape index (κ2) is 6.03. The van der Waals surface area contributed by atoms with Crippen LogP contribution < -0.4 is 10.6 Å². The number of carbonyl (C=O) groups excluding carboxylic acids is 1. The minimum absolute atomic E-state index is 0.261. The molecule has 0 bridgehead atoms. The van der Waals surface area contributed by atoms with Gasteiger partial charge in [0, 0.05) is 18.1 Å². The van der Waals surface area contributed by atoms with E-state index in [0.717, 1.165) is 6.42 Å². The maximum atomic E-state index is 11.8. The SMILES string of the molecule is CC(C)(C)OC(=O)NC1CC1NC1CCC2(CCCC2)CC1. The van der Waals surface area contributed by atoms with Crippen molar-refractivity contribution in [1.29, 1.82) is 0 Å². The van der Waals surface area contributed by atoms with Crippen LogP contribution in [0.15, 0.2) is 0 Å². The third kappa shape index (κ3) is 4.15. The van der Waals surface area contributed by atoms with Crippen LogP contribution in [0.25, 0.3) is 0 Å². The van der Waals surface area contributed by atoms with Crippen molar-refractivity contribution in [2.24, 2.45) is 5.41 Å². The van der Waals surface area contributed by atoms with Crippen LogP contribution in [-0.4, -0.2) is 29.8 Å². The van der Waals surface area contributed by atoms with Crippen molar-refractivity contribution in [2.45, 2.75) is 102 Å². The highest BCUT2D eigenvalue weighted by Crippen LogP contribution is 2.49. The third-order valence-electron chi connectivity index (χ3n) is 5.65. The lowest BCUT2D eigenvalue weighted by molar-refractivity contribution is 0.0521. The standard InChI is InChI=1S/C18H32N2O2/c1-17(2,3)22-16(21)20-15-12-14(15)19-13-6-10-18(11-7-13)8-4-5-9-18/h13-15,19H,4-12H2,1-3H3,(H,20,21). The number of alkyl carbamates (subject to hydrolysis) is 1. The molecule has 3 rings (SSSR count). The molecule has 2 unspecified atom stereocenters. The molecule has 3 aliphatic carbocycles. The van der Waals surface area contributed by atoms with Crippen molar-refractivity contribution in [3.8, 4) is 0 Å². The van der Waals surface area contributed by atoms with Gasteiger partial charge in [0.25, 0.3) is 0 Å². The zero-order chi connectivity index (χ0) is 15.8. The molecular formula is C18H32N2O2. The maximum absolute atomic E-state index is 11.8. The molecule has 0 aromatic rings. The molecule has 0 aromatic heterocycles. The monoisotopic (exact) mass is 308 g/mol. The van der Waals surface area contributed by atoms with Gasteiger partial charge in [-0.2, -0.15) is 0 Å². The molecule has 3 aliphatic rings. The van der Waals surface area contributed by atoms with Crippen LogP contribution in [-0.2, 0) is 4.74 Å². The molecule has 1 spiro atoms. The lowest BCUT2D eigenvalue weighted by Gasteiger charge is -2.37. The molecule has 0 radical (unpaired) electrons. The van der Waals surface area contributed by atoms with E-state index in [1.165, 1.54) is 51.4 Å². The first-order chi connectivity index (χ1) is 10.4. The van der Waals surface area contributed by atoms with E-state index in [9.17, 15) is 4.79 Å². The van der Waals surface area contributed by atoms with Gasteiger partial charge in [-0.25, -0.2) is 4.79 Å². The van der Waals surface area contributed by atoms with E-state index < -0.39 is 5.60 Å². The van der Waals surface area contributed by atoms with Crippen molar-refractivity contribution in [1.82, 2.24) is 10.6 Å². The molecule has 2 N–H and O–H groups in total. The van der Waals surface area contributed by atoms with Crippen molar-refractivity contribution in [3.05, 3.63) is 0 Å². The summed E-state index contributed by atoms with van der Waals surface area (Å²) in [5.74, 6) is 0. The number of carbonyl (C=O) groups is 1. The van der Waals surface area contributed by atoms with Crippen molar-refractivity contribution >= 4 is 6.09 Å². The Kier molecular flexibility index (Phi) is 4.41. The van der Waals surface area contributed by atoms with E-state index in [4.69, 9.17) is 4.74 Å². The molecule has 0 aromatic carbocycles. The lowest BCUT2D eigenvalue weighted by atomic mass is 9.71. The lowest BCUT2D eigenvalue weighted by Crippen LogP contribution is -2.41. The molecule has 4 nitrogen and oxygen atoms in total. The fraction of sp³-hybridized carbons (Fsp3) is 0.944. The highest BCUT2D eigenvalue weighted by molar-refractivity contribution is 5.68. The fourth-order valence-electron chi connectivity index (χ4n) is 4.32. The number of rotatable bonds is 3. The average molecular weight is 308 g/mol. The van der Waals surface area contributed by atoms with Gasteiger partial charge in [0.2, 0.25) is 0 Å². The maximum Gasteiger partial charge on any atom is 0.407 e. The summed E-state index contributed by atoms with van der Waals surface area (Å²) in [7, 11) is 0. The van der Waals surface area contributed by atoms with Crippen LogP contribution >= 0.6 is 0 Å². The van der Waals surface area contributed by atoms with Crippen molar-refractivity contribution in [2.75, 3.05) is 0 Å². The summed E-state index contributed by atoms with van der Waals surface area (Å²) in [6.07, 6.45) is 12.0. The smallest absolute Gasteiger partial charge is 0.407 e. The summed E-state index contributed by atoms with van der Waals surface area (Å²) in [5, 5.41) is 6.72. The quantitative estimate of drug-likeness (QED) is 0.835. The number of ether oxygens (including phenoxy) is 1. The Labute approximate surface area is 134 Å². The number of amides is 1. The molecular weight excluding hydrogens is 276 g/mol. The number of hydrogen-bond acceptors (Lipinski definition) is 3. The van der Waals surface area contributed by atoms with Crippen molar-refractivity contribution in [3.63, 3.8) is 0 Å². The Morgan fingerprint density at radius 2 is 1.68 bits per heavy atom. The predicted octanol–water partition coefficient (Wildman–Crippen LogP) is 3.74. The minimum Gasteiger partial charge on any atom is -0.444 e. The Morgan fingerprint density at radius 3 is 2.27 bits per heavy atom. The van der Waals surface area contributed by atoms with Crippen LogP contribution in [0.4, 0.5) is 4.79 Å². The second-order valence-corrected chi connectivity index (χ2v) is 8.74. The first-order valence-corrected chi connectivity index (χ1v) is 9.11. The number of nitrogens with one attached hydrogen (secondary N) is 2. The molecule has 126 valence electrons. The van der Waals surface area contributed by atoms with Crippen LogP contribution in [0.2, 0.25) is 0 Å². The summed E-state index contributed by atoms with van der Waals surface area (Å²) in [6, 6.07) is 1.37. The van der Waals surface area contributed by atoms with Gasteiger partial charge in [-0.05, 0) is 71.1 Å². The average Bonchev–Trinajstić information content (AvgIpc) is 2.96. The Balaban J connectivity index is 1.35. The van der Waals surface area contributed by atoms with Gasteiger partial charge in [0.1, 0.15) is 5.60 Å². The normalized spacial score (nSPS) is 31.2. The van der Waals surface area contributed by atoms with E-state index in [0.29, 0.717) is 17.5 Å². The van der Waals surface area contributed by atoms with E-state index in [-0.39, 0.29) is 12.1 Å². The second-order valence-electron chi connectivity index (χ2n) is 8.74. The zero-order valence-corrected chi connectivity index (χ0v) is 14.4. The van der Waals surface area contributed by atoms with Gasteiger partial charge in [-0.3, -0.25) is 0 Å². The fourth-order valence-corrected chi connectivity index (χ4v) is 4.32. The Bertz CT molecular complexity index is 400. The van der Waals surface area contributed by atoms with Crippen LogP contribution in [0, 0.1) is 5.41 Å². The van der Waals surface area contributed by atoms with Gasteiger partial charge in [-0.1, -0.05) is 12.8 Å². The number of hydrogen-bond donors (Lipinski definition) is 2. The van der Waals surface area contributed by atoms with Crippen molar-refractivity contribution < 1.29 is 9.53 Å². The van der Waals surface area contributed by atoms with E-state index in [2.05, 4.69) is 10.6 Å². The predicted molar refractivity (Wildman–Crippen MR) is 87.9 cm³/mol. The van der Waals surface area contributed by atoms with Gasteiger partial charge in [-0.15, -0.1) is 0 Å². The molecule has 0 heterocycles. The first kappa shape index (κ1) is 16.1. The molecule has 4 heteroatoms. The highest BCUT2D eigenvalue weighted by Gasteiger charge is 2.43. The molecule has 3 fully saturated rings. The van der Waals surface area contributed by atoms with E-state index >= 15 is 0 Å². The first-order valence-electron chi connectivity index (χ1n) is 9.11. The largest absolute Gasteiger partial charge is 0.444 e. The highest BCUT2D eigenvalue weighted by atomic mass is 16.6. The molecule has 22 heavy (non-hydrogen) atoms. The topological polar surface area (TPSA) is 50.4 Å². The Morgan fingerprint density at radius 1 is 1.05 bits per heavy atom. The van der Waals surface area contributed by atoms with Gasteiger partial charge >= 0.3 is 6.09 Å². The Hall–Kier alpha value is -0.770. The van der Waals surface area contributed by atoms with Crippen LogP contribution in [0.3, 0.4) is 0 Å². The van der Waals surface area contributed by atoms with E-state index in [1.54, 1.807) is 0 Å². The molecule has 0 saturated heterocycles. The molecule has 3 saturated carbocycles. The van der Waals surface area contributed by atoms with Gasteiger partial charge < -0.3 is 15.4 Å². The van der Waals surface area contributed by atoms with Crippen LogP contribution in [0.5, 0.6) is 0 Å². The summed E-state index contributed by atoms with van der Waals surface area (Å²) >= 11 is 0. The summed E-state index contributed by atoms with van der Waals surface area (Å²) in [5.41, 5.74) is 0.288. The summed E-state index contributed by atoms with van der Waals surface area (Å²) < 4.78 is 5.31. The zero-order valence-electron chi connectivity index (χ0n) is 14.4.